The van der Waals surface area contributed by atoms with E-state index in [1.54, 1.807) is 26.0 Å². The second-order valence-corrected chi connectivity index (χ2v) is 33.6. The number of esters is 5. The van der Waals surface area contributed by atoms with E-state index in [0.29, 0.717) is 142 Å². The number of aromatic hydroxyl groups is 2. The second-order valence-electron chi connectivity index (χ2n) is 26.4. The van der Waals surface area contributed by atoms with Crippen LogP contribution in [0.5, 0.6) is 69.0 Å². The molecule has 0 saturated heterocycles. The Bertz CT molecular complexity index is 5220. The van der Waals surface area contributed by atoms with Crippen molar-refractivity contribution in [1.82, 2.24) is 0 Å². The number of carbonyl (C=O) groups is 5. The number of aliphatic hydroxyl groups excluding tert-OH is 1. The van der Waals surface area contributed by atoms with E-state index in [-0.39, 0.29) is 50.5 Å². The molecule has 688 valence electrons. The molecule has 5 aliphatic heterocycles. The van der Waals surface area contributed by atoms with E-state index >= 15 is 0 Å². The van der Waals surface area contributed by atoms with Crippen LogP contribution in [0.25, 0.3) is 0 Å². The van der Waals surface area contributed by atoms with E-state index in [0.717, 1.165) is 106 Å². The molecule has 5 aliphatic rings. The lowest BCUT2D eigenvalue weighted by atomic mass is 10.00. The van der Waals surface area contributed by atoms with E-state index in [9.17, 15) is 34.2 Å². The van der Waals surface area contributed by atoms with Crippen LogP contribution in [0.1, 0.15) is 79.1 Å². The summed E-state index contributed by atoms with van der Waals surface area (Å²) in [5, 5.41) is 30.6. The highest BCUT2D eigenvalue weighted by Gasteiger charge is 2.30. The number of aliphatic imine (C=N–C) groups is 2. The van der Waals surface area contributed by atoms with Crippen molar-refractivity contribution in [3.63, 3.8) is 0 Å². The van der Waals surface area contributed by atoms with Gasteiger partial charge in [-0.15, -0.1) is 0 Å². The number of phenols is 2. The van der Waals surface area contributed by atoms with Gasteiger partial charge in [-0.2, -0.15) is 13.5 Å². The molecule has 0 aliphatic carbocycles. The Morgan fingerprint density at radius 2 is 0.698 bits per heavy atom. The van der Waals surface area contributed by atoms with Crippen LogP contribution in [0.3, 0.4) is 0 Å². The molecule has 0 bridgehead atoms. The highest BCUT2D eigenvalue weighted by molar-refractivity contribution is 9.12. The van der Waals surface area contributed by atoms with E-state index in [2.05, 4.69) is 163 Å². The summed E-state index contributed by atoms with van der Waals surface area (Å²) in [7, 11) is 4.06. The first-order valence-electron chi connectivity index (χ1n) is 39.5. The van der Waals surface area contributed by atoms with Crippen molar-refractivity contribution < 1.29 is 110 Å². The average Bonchev–Trinajstić information content (AvgIpc) is 0.810. The number of nitrogens with zero attached hydrogens (tertiary/aromatic N) is 2. The molecular weight excluding hydrogens is 2280 g/mol. The maximum Gasteiger partial charge on any atom is 0.342 e. The molecule has 0 radical (unpaired) electrons. The predicted octanol–water partition coefficient (Wildman–Crippen LogP) is 20.0. The van der Waals surface area contributed by atoms with Gasteiger partial charge in [0.2, 0.25) is 0 Å². The van der Waals surface area contributed by atoms with Crippen LogP contribution in [0.4, 0.5) is 0 Å². The van der Waals surface area contributed by atoms with Crippen molar-refractivity contribution in [3.05, 3.63) is 277 Å². The fourth-order valence-electron chi connectivity index (χ4n) is 12.0. The molecule has 0 fully saturated rings. The number of hydrogen-bond donors (Lipinski definition) is 4. The first-order chi connectivity index (χ1) is 62.0. The number of rotatable bonds is 20. The van der Waals surface area contributed by atoms with E-state index < -0.39 is 41.7 Å². The summed E-state index contributed by atoms with van der Waals surface area (Å²) in [5.41, 5.74) is 15.0. The minimum absolute atomic E-state index is 0. The van der Waals surface area contributed by atoms with Gasteiger partial charge in [-0.3, -0.25) is 19.6 Å². The number of alkyl halides is 3. The molecular formula is C93H94Br9N3O23S. The molecule has 36 heteroatoms. The molecule has 129 heavy (non-hydrogen) atoms. The monoisotopic (exact) mass is 2360 g/mol. The van der Waals surface area contributed by atoms with Crippen molar-refractivity contribution in [3.8, 4) is 69.0 Å². The summed E-state index contributed by atoms with van der Waals surface area (Å²) >= 11 is 29.8. The minimum atomic E-state index is -0.740. The molecule has 0 spiro atoms. The first kappa shape index (κ1) is 107. The van der Waals surface area contributed by atoms with Crippen LogP contribution >= 0.6 is 157 Å². The van der Waals surface area contributed by atoms with Gasteiger partial charge < -0.3 is 92.1 Å². The highest BCUT2D eigenvalue weighted by atomic mass is 79.9. The molecule has 0 amide bonds. The number of methoxy groups -OCH3 is 3. The van der Waals surface area contributed by atoms with Crippen molar-refractivity contribution in [2.45, 2.75) is 50.7 Å². The molecule has 1 unspecified atom stereocenters. The van der Waals surface area contributed by atoms with Gasteiger partial charge >= 0.3 is 29.8 Å². The van der Waals surface area contributed by atoms with E-state index in [1.165, 1.54) is 33.5 Å². The van der Waals surface area contributed by atoms with Crippen LogP contribution in [0.2, 0.25) is 0 Å². The highest BCUT2D eigenvalue weighted by Crippen LogP contribution is 2.46. The SMILES string of the molecule is BrCCBr.BrCc1ccc(Br)c2c1OCCO2.CCOC(=O)c1ccc(Br)c(O)c1O.CCOC(=O)c1ccc(Br)c2c1OCCO2.COC(=O)C(Cc1ccc(Br)c2c1OCCO2)N=C(c1ccccc1)c1ccccc1.COC(=O)CN=C(c1ccccc1)c1ccccc1.COC(=O)[C@@H](N)Cc1ccc(Br)c2c1OCCO2.OCc1ccc(Br)c2c1OCCO2.S. The van der Waals surface area contributed by atoms with E-state index in [1.807, 2.05) is 170 Å². The predicted molar refractivity (Wildman–Crippen MR) is 529 cm³/mol. The number of aliphatic hydroxyl groups is 1. The Hall–Kier alpha value is -8.92. The molecule has 5 N–H and O–H groups in total. The number of fused-ring (bicyclic) bond motifs is 5. The molecule has 0 saturated carbocycles. The molecule has 10 aromatic carbocycles. The largest absolute Gasteiger partial charge is 0.504 e. The van der Waals surface area contributed by atoms with Crippen molar-refractivity contribution >= 4 is 198 Å². The molecule has 2 atom stereocenters. The zero-order chi connectivity index (χ0) is 92.4. The number of phenolic OH excluding ortho intramolecular Hbond substituents is 2. The second kappa shape index (κ2) is 57.4. The number of nitrogens with two attached hydrogens (primary N) is 1. The summed E-state index contributed by atoms with van der Waals surface area (Å²) in [5.74, 6) is 3.58. The zero-order valence-corrected chi connectivity index (χ0v) is 85.7. The Morgan fingerprint density at radius 3 is 1.07 bits per heavy atom. The lowest BCUT2D eigenvalue weighted by Gasteiger charge is -2.23. The number of carbonyl (C=O) groups excluding carboxylic acids is 5. The number of benzene rings is 10. The smallest absolute Gasteiger partial charge is 0.342 e. The van der Waals surface area contributed by atoms with Crippen LogP contribution in [-0.4, -0.2) is 186 Å². The van der Waals surface area contributed by atoms with Crippen molar-refractivity contribution in [2.75, 3.05) is 118 Å². The summed E-state index contributed by atoms with van der Waals surface area (Å²) < 4.78 is 84.0. The van der Waals surface area contributed by atoms with Gasteiger partial charge in [-0.25, -0.2) is 14.4 Å². The number of halogens is 9. The number of hydrogen-bond acceptors (Lipinski definition) is 26. The summed E-state index contributed by atoms with van der Waals surface area (Å²) in [6.07, 6.45) is 0.681. The van der Waals surface area contributed by atoms with E-state index in [4.69, 9.17) is 72.7 Å². The molecule has 5 heterocycles. The van der Waals surface area contributed by atoms with Crippen LogP contribution in [-0.2, 0) is 62.8 Å². The van der Waals surface area contributed by atoms with Crippen LogP contribution in [0.15, 0.2) is 231 Å². The molecule has 10 aromatic rings. The molecule has 15 rings (SSSR count). The fourth-order valence-corrected chi connectivity index (χ4v) is 14.9. The zero-order valence-electron chi connectivity index (χ0n) is 70.4. The van der Waals surface area contributed by atoms with Gasteiger partial charge in [-0.1, -0.05) is 193 Å². The number of ether oxygens (including phenoxy) is 15. The van der Waals surface area contributed by atoms with Gasteiger partial charge in [0.15, 0.2) is 75.0 Å². The minimum Gasteiger partial charge on any atom is -0.504 e. The summed E-state index contributed by atoms with van der Waals surface area (Å²) in [6, 6.07) is 59.3. The van der Waals surface area contributed by atoms with Crippen molar-refractivity contribution in [1.29, 1.82) is 0 Å². The third-order valence-corrected chi connectivity index (χ3v) is 24.1. The standard InChI is InChI=1S/C25H22BrNO4.C16H15NO2.C12H14BrNO4.C11H11BrO4.C9H8Br2O2.C9H9BrO4.C9H9BrO3.C2H4Br2.H2S/c1-29-25(28)21(16-19-12-13-20(26)24-23(19)30-14-15-31-24)27-22(17-8-4-2-5-9-17)18-10-6-3-7-11-18;1-19-15(18)12-17-16(13-8-4-2-5-9-13)14-10-6-3-7-11-14;1-16-12(15)9(14)6-7-2-3-8(13)11-10(7)17-4-5-18-11;1-2-14-11(13)7-3-4-8(12)10-9(7)15-5-6-16-10;10-5-6-1-2-7(11)9-8(6)12-3-4-13-9;1-2-14-9(13)5-3-4-6(10)8(12)7(5)11;10-7-2-1-6(5-11)8-9(7)13-4-3-12-8;3-1-2-4;/h2-13,21H,14-16H2,1H3;2-11H,12H2,1H3;2-3,9H,4-6,14H2,1H3;3-4H,2,5-6H2,1H3;1-2H,3-5H2;3-4,11-12H,2H2,1H3;1-2,11H,3-5H2;1-2H2;1H2/t;;9-;;;;;;/m..0....../s1. The third kappa shape index (κ3) is 31.9. The van der Waals surface area contributed by atoms with Crippen molar-refractivity contribution in [2.24, 2.45) is 15.7 Å². The van der Waals surface area contributed by atoms with Gasteiger partial charge in [-0.05, 0) is 158 Å². The maximum absolute atomic E-state index is 12.7. The Kier molecular flexibility index (Phi) is 47.7. The molecule has 26 nitrogen and oxygen atoms in total. The Morgan fingerprint density at radius 1 is 0.380 bits per heavy atom. The Labute approximate surface area is 830 Å². The lowest BCUT2D eigenvalue weighted by Crippen LogP contribution is -2.34. The maximum atomic E-state index is 12.7. The quantitative estimate of drug-likeness (QED) is 0.0181. The van der Waals surface area contributed by atoms with Gasteiger partial charge in [0.1, 0.15) is 89.8 Å². The lowest BCUT2D eigenvalue weighted by molar-refractivity contribution is -0.142. The van der Waals surface area contributed by atoms with Gasteiger partial charge in [0.25, 0.3) is 0 Å². The summed E-state index contributed by atoms with van der Waals surface area (Å²) in [4.78, 5) is 67.5. The molecule has 0 aromatic heterocycles. The topological polar surface area (TPSA) is 335 Å². The third-order valence-electron chi connectivity index (χ3n) is 17.9. The average molecular weight is 2370 g/mol. The van der Waals surface area contributed by atoms with Gasteiger partial charge in [0.05, 0.1) is 79.4 Å². The Balaban J connectivity index is 0.000000209. The van der Waals surface area contributed by atoms with Crippen LogP contribution < -0.4 is 53.1 Å². The van der Waals surface area contributed by atoms with Gasteiger partial charge in [0, 0.05) is 73.3 Å². The van der Waals surface area contributed by atoms with Crippen LogP contribution in [0, 0.1) is 0 Å². The normalized spacial score (nSPS) is 12.6. The first-order valence-corrected chi connectivity index (χ1v) is 47.6. The fraction of sp³-hybridized carbons (Fsp3) is 0.280. The summed E-state index contributed by atoms with van der Waals surface area (Å²) in [6.45, 7) is 9.19.